The summed E-state index contributed by atoms with van der Waals surface area (Å²) in [4.78, 5) is 12.2. The van der Waals surface area contributed by atoms with E-state index in [4.69, 9.17) is 4.74 Å². The summed E-state index contributed by atoms with van der Waals surface area (Å²) in [7, 11) is 0. The van der Waals surface area contributed by atoms with Gasteiger partial charge >= 0.3 is 5.97 Å². The van der Waals surface area contributed by atoms with Crippen molar-refractivity contribution in [3.8, 4) is 5.75 Å². The number of carbonyl (C=O) groups is 1. The average Bonchev–Trinajstić information content (AvgIpc) is 2.69. The highest BCUT2D eigenvalue weighted by Gasteiger charge is 2.24. The molecule has 166 valence electrons. The number of benzene rings is 1. The van der Waals surface area contributed by atoms with Gasteiger partial charge < -0.3 is 9.84 Å². The topological polar surface area (TPSA) is 46.5 Å². The predicted molar refractivity (Wildman–Crippen MR) is 125 cm³/mol. The summed E-state index contributed by atoms with van der Waals surface area (Å²) in [5.74, 6) is 1.17. The number of phenols is 1. The largest absolute Gasteiger partial charge is 0.507 e. The first-order chi connectivity index (χ1) is 14.2. The molecule has 1 atom stereocenters. The van der Waals surface area contributed by atoms with Gasteiger partial charge in [0.1, 0.15) is 5.75 Å². The predicted octanol–water partition coefficient (Wildman–Crippen LogP) is 6.98. The first-order valence-corrected chi connectivity index (χ1v) is 11.5. The van der Waals surface area contributed by atoms with Crippen LogP contribution in [0.15, 0.2) is 36.4 Å². The number of ether oxygens (including phenoxy) is 1. The Morgan fingerprint density at radius 1 is 1.17 bits per heavy atom. The third kappa shape index (κ3) is 7.66. The van der Waals surface area contributed by atoms with E-state index < -0.39 is 0 Å². The fourth-order valence-electron chi connectivity index (χ4n) is 3.86. The molecule has 1 N–H and O–H groups in total. The SMILES string of the molecule is CC(C)CCCCCOC(=O)CCc1cc(C2C=CC=CC2)c(O)c(C(C)(C)C)c1. The number of aromatic hydroxyl groups is 1. The summed E-state index contributed by atoms with van der Waals surface area (Å²) in [5.41, 5.74) is 2.82. The smallest absolute Gasteiger partial charge is 0.306 e. The number of hydrogen-bond acceptors (Lipinski definition) is 3. The van der Waals surface area contributed by atoms with Gasteiger partial charge in [-0.15, -0.1) is 0 Å². The van der Waals surface area contributed by atoms with Gasteiger partial charge in [-0.3, -0.25) is 4.79 Å². The molecule has 0 bridgehead atoms. The number of carbonyl (C=O) groups excluding carboxylic acids is 1. The van der Waals surface area contributed by atoms with Crippen LogP contribution in [0.3, 0.4) is 0 Å². The highest BCUT2D eigenvalue weighted by molar-refractivity contribution is 5.69. The second-order valence-corrected chi connectivity index (χ2v) is 9.95. The summed E-state index contributed by atoms with van der Waals surface area (Å²) in [5, 5.41) is 11.0. The second-order valence-electron chi connectivity index (χ2n) is 9.95. The first-order valence-electron chi connectivity index (χ1n) is 11.5. The highest BCUT2D eigenvalue weighted by atomic mass is 16.5. The number of unbranched alkanes of at least 4 members (excludes halogenated alkanes) is 2. The minimum Gasteiger partial charge on any atom is -0.507 e. The number of hydrogen-bond donors (Lipinski definition) is 1. The third-order valence-corrected chi connectivity index (χ3v) is 5.69. The van der Waals surface area contributed by atoms with Crippen molar-refractivity contribution in [2.45, 2.75) is 90.9 Å². The standard InChI is InChI=1S/C27H40O3/c1-20(2)12-8-7-11-17-30-25(28)16-15-21-18-23(22-13-9-6-10-14-22)26(29)24(19-21)27(3,4)5/h6,9-10,13,18-20,22,29H,7-8,11-12,14-17H2,1-5H3. The maximum atomic E-state index is 12.2. The average molecular weight is 413 g/mol. The van der Waals surface area contributed by atoms with Gasteiger partial charge in [0.05, 0.1) is 6.61 Å². The minimum absolute atomic E-state index is 0.133. The molecular formula is C27H40O3. The van der Waals surface area contributed by atoms with E-state index in [0.717, 1.165) is 41.9 Å². The summed E-state index contributed by atoms with van der Waals surface area (Å²) >= 11 is 0. The molecular weight excluding hydrogens is 372 g/mol. The first kappa shape index (κ1) is 24.2. The van der Waals surface area contributed by atoms with Gasteiger partial charge in [0.15, 0.2) is 0 Å². The van der Waals surface area contributed by atoms with Gasteiger partial charge in [-0.05, 0) is 41.7 Å². The molecule has 0 heterocycles. The Morgan fingerprint density at radius 2 is 1.93 bits per heavy atom. The Kier molecular flexibility index (Phi) is 9.20. The molecule has 30 heavy (non-hydrogen) atoms. The monoisotopic (exact) mass is 412 g/mol. The van der Waals surface area contributed by atoms with E-state index >= 15 is 0 Å². The minimum atomic E-state index is -0.167. The van der Waals surface area contributed by atoms with Crippen LogP contribution in [0, 0.1) is 5.92 Å². The molecule has 0 saturated carbocycles. The molecule has 2 rings (SSSR count). The maximum Gasteiger partial charge on any atom is 0.306 e. The zero-order valence-electron chi connectivity index (χ0n) is 19.5. The van der Waals surface area contributed by atoms with Gasteiger partial charge in [0.25, 0.3) is 0 Å². The van der Waals surface area contributed by atoms with Crippen LogP contribution in [0.2, 0.25) is 0 Å². The summed E-state index contributed by atoms with van der Waals surface area (Å²) < 4.78 is 5.43. The number of allylic oxidation sites excluding steroid dienone is 4. The number of phenolic OH excluding ortho intramolecular Hbond substituents is 1. The molecule has 3 nitrogen and oxygen atoms in total. The van der Waals surface area contributed by atoms with Crippen LogP contribution in [0.1, 0.15) is 95.8 Å². The molecule has 1 aromatic rings. The van der Waals surface area contributed by atoms with Crippen molar-refractivity contribution in [2.75, 3.05) is 6.61 Å². The molecule has 0 aliphatic heterocycles. The molecule has 3 heteroatoms. The molecule has 1 aliphatic carbocycles. The fourth-order valence-corrected chi connectivity index (χ4v) is 3.86. The molecule has 0 amide bonds. The Balaban J connectivity index is 1.97. The van der Waals surface area contributed by atoms with E-state index in [1.165, 1.54) is 12.8 Å². The second kappa shape index (κ2) is 11.4. The maximum absolute atomic E-state index is 12.2. The van der Waals surface area contributed by atoms with Crippen molar-refractivity contribution in [1.29, 1.82) is 0 Å². The highest BCUT2D eigenvalue weighted by Crippen LogP contribution is 2.40. The van der Waals surface area contributed by atoms with Gasteiger partial charge in [-0.1, -0.05) is 90.3 Å². The van der Waals surface area contributed by atoms with Gasteiger partial charge in [0.2, 0.25) is 0 Å². The van der Waals surface area contributed by atoms with Crippen molar-refractivity contribution in [3.63, 3.8) is 0 Å². The molecule has 0 spiro atoms. The van der Waals surface area contributed by atoms with E-state index in [0.29, 0.717) is 25.2 Å². The molecule has 0 fully saturated rings. The summed E-state index contributed by atoms with van der Waals surface area (Å²) in [6.45, 7) is 11.3. The normalized spacial score (nSPS) is 16.3. The van der Waals surface area contributed by atoms with E-state index in [9.17, 15) is 9.90 Å². The van der Waals surface area contributed by atoms with Crippen LogP contribution >= 0.6 is 0 Å². The fraction of sp³-hybridized carbons (Fsp3) is 0.593. The van der Waals surface area contributed by atoms with Gasteiger partial charge in [0, 0.05) is 17.9 Å². The number of rotatable bonds is 10. The Bertz CT molecular complexity index is 750. The Morgan fingerprint density at radius 3 is 2.57 bits per heavy atom. The molecule has 1 aliphatic rings. The number of aryl methyl sites for hydroxylation is 1. The molecule has 0 saturated heterocycles. The molecule has 1 aromatic carbocycles. The number of esters is 1. The van der Waals surface area contributed by atoms with Crippen molar-refractivity contribution in [2.24, 2.45) is 5.92 Å². The lowest BCUT2D eigenvalue weighted by molar-refractivity contribution is -0.143. The van der Waals surface area contributed by atoms with Crippen molar-refractivity contribution < 1.29 is 14.6 Å². The van der Waals surface area contributed by atoms with Crippen LogP contribution in [-0.2, 0) is 21.4 Å². The quantitative estimate of drug-likeness (QED) is 0.333. The third-order valence-electron chi connectivity index (χ3n) is 5.69. The Hall–Kier alpha value is -2.03. The van der Waals surface area contributed by atoms with Crippen molar-refractivity contribution in [3.05, 3.63) is 53.1 Å². The summed E-state index contributed by atoms with van der Waals surface area (Å²) in [6, 6.07) is 4.12. The molecule has 0 radical (unpaired) electrons. The van der Waals surface area contributed by atoms with E-state index in [1.54, 1.807) is 0 Å². The molecule has 1 unspecified atom stereocenters. The van der Waals surface area contributed by atoms with Gasteiger partial charge in [-0.25, -0.2) is 0 Å². The lowest BCUT2D eigenvalue weighted by Gasteiger charge is -2.26. The van der Waals surface area contributed by atoms with Crippen LogP contribution in [0.4, 0.5) is 0 Å². The van der Waals surface area contributed by atoms with E-state index in [2.05, 4.69) is 58.9 Å². The lowest BCUT2D eigenvalue weighted by Crippen LogP contribution is -2.14. The summed E-state index contributed by atoms with van der Waals surface area (Å²) in [6.07, 6.45) is 14.7. The van der Waals surface area contributed by atoms with Crippen LogP contribution in [0.25, 0.3) is 0 Å². The zero-order valence-corrected chi connectivity index (χ0v) is 19.5. The van der Waals surface area contributed by atoms with E-state index in [-0.39, 0.29) is 17.3 Å². The molecule has 0 aromatic heterocycles. The van der Waals surface area contributed by atoms with Gasteiger partial charge in [-0.2, -0.15) is 0 Å². The zero-order chi connectivity index (χ0) is 22.1. The van der Waals surface area contributed by atoms with E-state index in [1.807, 2.05) is 12.2 Å². The lowest BCUT2D eigenvalue weighted by atomic mass is 9.80. The van der Waals surface area contributed by atoms with Crippen molar-refractivity contribution >= 4 is 5.97 Å². The van der Waals surface area contributed by atoms with Crippen LogP contribution in [0.5, 0.6) is 5.75 Å². The van der Waals surface area contributed by atoms with Crippen LogP contribution < -0.4 is 0 Å². The Labute approximate surface area is 183 Å². The van der Waals surface area contributed by atoms with Crippen LogP contribution in [-0.4, -0.2) is 17.7 Å². The van der Waals surface area contributed by atoms with Crippen molar-refractivity contribution in [1.82, 2.24) is 0 Å².